The van der Waals surface area contributed by atoms with E-state index in [1.54, 1.807) is 25.1 Å². The highest BCUT2D eigenvalue weighted by Gasteiger charge is 2.50. The van der Waals surface area contributed by atoms with Gasteiger partial charge in [-0.1, -0.05) is 12.1 Å². The lowest BCUT2D eigenvalue weighted by Crippen LogP contribution is -2.43. The molecule has 0 radical (unpaired) electrons. The molecule has 1 N–H and O–H groups in total. The fourth-order valence-electron chi connectivity index (χ4n) is 4.45. The number of likely N-dealkylation sites (tertiary alicyclic amines) is 2. The highest BCUT2D eigenvalue weighted by Crippen LogP contribution is 2.45. The summed E-state index contributed by atoms with van der Waals surface area (Å²) in [6.45, 7) is 2.27. The number of carbonyl (C=O) groups excluding carboxylic acids is 2. The van der Waals surface area contributed by atoms with Crippen molar-refractivity contribution in [2.75, 3.05) is 40.3 Å². The lowest BCUT2D eigenvalue weighted by molar-refractivity contribution is -0.129. The first-order valence-corrected chi connectivity index (χ1v) is 9.68. The van der Waals surface area contributed by atoms with Crippen LogP contribution in [-0.4, -0.2) is 73.0 Å². The standard InChI is InChI=1S/C20H27FN4O2/c1-23(2)20(27)25-11-14-10-24(18(26)9-22-16-6-7-16)12-17(14)19(25)13-4-3-5-15(21)8-13/h3-5,8,14,16-17,19,22H,6-7,9-12H2,1-2H3/t14-,17-,19-/m1/s1. The van der Waals surface area contributed by atoms with E-state index in [0.717, 1.165) is 18.4 Å². The second-order valence-corrected chi connectivity index (χ2v) is 8.21. The third-order valence-electron chi connectivity index (χ3n) is 5.95. The van der Waals surface area contributed by atoms with Crippen LogP contribution in [0.25, 0.3) is 0 Å². The third-order valence-corrected chi connectivity index (χ3v) is 5.95. The van der Waals surface area contributed by atoms with Crippen molar-refractivity contribution in [3.63, 3.8) is 0 Å². The molecule has 0 unspecified atom stereocenters. The SMILES string of the molecule is CN(C)C(=O)N1C[C@H]2CN(C(=O)CNC3CC3)C[C@H]2[C@H]1c1cccc(F)c1. The van der Waals surface area contributed by atoms with E-state index < -0.39 is 0 Å². The highest BCUT2D eigenvalue weighted by molar-refractivity contribution is 5.79. The van der Waals surface area contributed by atoms with Gasteiger partial charge in [-0.2, -0.15) is 0 Å². The number of amides is 3. The number of hydrogen-bond donors (Lipinski definition) is 1. The van der Waals surface area contributed by atoms with Crippen LogP contribution >= 0.6 is 0 Å². The van der Waals surface area contributed by atoms with Crippen molar-refractivity contribution < 1.29 is 14.0 Å². The molecule has 3 fully saturated rings. The predicted molar refractivity (Wildman–Crippen MR) is 99.5 cm³/mol. The van der Waals surface area contributed by atoms with Gasteiger partial charge in [0, 0.05) is 51.6 Å². The zero-order valence-electron chi connectivity index (χ0n) is 15.9. The van der Waals surface area contributed by atoms with Crippen molar-refractivity contribution in [2.45, 2.75) is 24.9 Å². The predicted octanol–water partition coefficient (Wildman–Crippen LogP) is 1.69. The zero-order chi connectivity index (χ0) is 19.1. The molecule has 4 rings (SSSR count). The van der Waals surface area contributed by atoms with Crippen LogP contribution < -0.4 is 5.32 Å². The van der Waals surface area contributed by atoms with Gasteiger partial charge in [0.05, 0.1) is 12.6 Å². The quantitative estimate of drug-likeness (QED) is 0.873. The lowest BCUT2D eigenvalue weighted by atomic mass is 9.89. The maximum Gasteiger partial charge on any atom is 0.320 e. The molecule has 1 aromatic rings. The van der Waals surface area contributed by atoms with Crippen LogP contribution in [0.5, 0.6) is 0 Å². The van der Waals surface area contributed by atoms with E-state index in [0.29, 0.717) is 32.2 Å². The van der Waals surface area contributed by atoms with Crippen LogP contribution in [0, 0.1) is 17.7 Å². The fourth-order valence-corrected chi connectivity index (χ4v) is 4.45. The molecule has 3 aliphatic rings. The molecule has 0 spiro atoms. The molecule has 2 aliphatic heterocycles. The zero-order valence-corrected chi connectivity index (χ0v) is 15.9. The van der Waals surface area contributed by atoms with Gasteiger partial charge < -0.3 is 20.0 Å². The van der Waals surface area contributed by atoms with Gasteiger partial charge in [-0.25, -0.2) is 9.18 Å². The largest absolute Gasteiger partial charge is 0.341 e. The van der Waals surface area contributed by atoms with E-state index in [-0.39, 0.29) is 35.6 Å². The minimum absolute atomic E-state index is 0.0630. The first kappa shape index (κ1) is 18.2. The maximum absolute atomic E-state index is 13.9. The Bertz CT molecular complexity index is 736. The molecule has 7 heteroatoms. The summed E-state index contributed by atoms with van der Waals surface area (Å²) in [6.07, 6.45) is 2.31. The maximum atomic E-state index is 13.9. The number of urea groups is 1. The number of benzene rings is 1. The summed E-state index contributed by atoms with van der Waals surface area (Å²) in [5, 5.41) is 3.28. The van der Waals surface area contributed by atoms with Gasteiger partial charge in [-0.05, 0) is 30.5 Å². The van der Waals surface area contributed by atoms with Crippen LogP contribution in [0.2, 0.25) is 0 Å². The summed E-state index contributed by atoms with van der Waals surface area (Å²) in [7, 11) is 3.47. The Kier molecular flexibility index (Phi) is 4.80. The van der Waals surface area contributed by atoms with Crippen molar-refractivity contribution in [3.8, 4) is 0 Å². The van der Waals surface area contributed by atoms with Gasteiger partial charge in [0.25, 0.3) is 0 Å². The molecule has 3 atom stereocenters. The van der Waals surface area contributed by atoms with Gasteiger partial charge in [-0.3, -0.25) is 4.79 Å². The summed E-state index contributed by atoms with van der Waals surface area (Å²) in [6, 6.07) is 6.74. The fraction of sp³-hybridized carbons (Fsp3) is 0.600. The van der Waals surface area contributed by atoms with E-state index in [1.165, 1.54) is 12.1 Å². The smallest absolute Gasteiger partial charge is 0.320 e. The Morgan fingerprint density at radius 1 is 1.22 bits per heavy atom. The first-order chi connectivity index (χ1) is 12.9. The van der Waals surface area contributed by atoms with E-state index in [1.807, 2.05) is 15.9 Å². The van der Waals surface area contributed by atoms with Gasteiger partial charge >= 0.3 is 6.03 Å². The monoisotopic (exact) mass is 374 g/mol. The topological polar surface area (TPSA) is 55.9 Å². The number of carbonyl (C=O) groups is 2. The van der Waals surface area contributed by atoms with Gasteiger partial charge in [-0.15, -0.1) is 0 Å². The summed E-state index contributed by atoms with van der Waals surface area (Å²) >= 11 is 0. The van der Waals surface area contributed by atoms with E-state index in [9.17, 15) is 14.0 Å². The second kappa shape index (κ2) is 7.11. The Morgan fingerprint density at radius 2 is 2.00 bits per heavy atom. The molecule has 146 valence electrons. The van der Waals surface area contributed by atoms with E-state index in [2.05, 4.69) is 5.32 Å². The molecule has 2 saturated heterocycles. The average Bonchev–Trinajstić information content (AvgIpc) is 3.26. The number of fused-ring (bicyclic) bond motifs is 1. The van der Waals surface area contributed by atoms with Crippen molar-refractivity contribution in [1.82, 2.24) is 20.0 Å². The van der Waals surface area contributed by atoms with Crippen LogP contribution in [0.4, 0.5) is 9.18 Å². The molecule has 3 amide bonds. The summed E-state index contributed by atoms with van der Waals surface area (Å²) in [5.41, 5.74) is 0.808. The molecular formula is C20H27FN4O2. The molecule has 1 aromatic carbocycles. The van der Waals surface area contributed by atoms with Crippen LogP contribution in [0.3, 0.4) is 0 Å². The first-order valence-electron chi connectivity index (χ1n) is 9.68. The number of hydrogen-bond acceptors (Lipinski definition) is 3. The minimum Gasteiger partial charge on any atom is -0.341 e. The van der Waals surface area contributed by atoms with Crippen LogP contribution in [0.1, 0.15) is 24.4 Å². The summed E-state index contributed by atoms with van der Waals surface area (Å²) in [4.78, 5) is 30.6. The normalized spacial score (nSPS) is 27.0. The number of halogens is 1. The lowest BCUT2D eigenvalue weighted by Gasteiger charge is -2.32. The summed E-state index contributed by atoms with van der Waals surface area (Å²) < 4.78 is 13.9. The molecule has 6 nitrogen and oxygen atoms in total. The second-order valence-electron chi connectivity index (χ2n) is 8.21. The van der Waals surface area contributed by atoms with Crippen LogP contribution in [0.15, 0.2) is 24.3 Å². The molecule has 0 bridgehead atoms. The van der Waals surface area contributed by atoms with Crippen molar-refractivity contribution in [2.24, 2.45) is 11.8 Å². The Labute approximate surface area is 159 Å². The molecule has 2 heterocycles. The molecular weight excluding hydrogens is 347 g/mol. The average molecular weight is 374 g/mol. The van der Waals surface area contributed by atoms with Crippen molar-refractivity contribution in [1.29, 1.82) is 0 Å². The number of nitrogens with one attached hydrogen (secondary N) is 1. The van der Waals surface area contributed by atoms with Crippen molar-refractivity contribution in [3.05, 3.63) is 35.6 Å². The molecule has 1 saturated carbocycles. The van der Waals surface area contributed by atoms with E-state index in [4.69, 9.17) is 0 Å². The van der Waals surface area contributed by atoms with Gasteiger partial charge in [0.1, 0.15) is 5.82 Å². The van der Waals surface area contributed by atoms with Gasteiger partial charge in [0.15, 0.2) is 0 Å². The number of rotatable bonds is 4. The number of nitrogens with zero attached hydrogens (tertiary/aromatic N) is 3. The summed E-state index contributed by atoms with van der Waals surface area (Å²) in [5.74, 6) is 0.195. The van der Waals surface area contributed by atoms with Crippen LogP contribution in [-0.2, 0) is 4.79 Å². The molecule has 27 heavy (non-hydrogen) atoms. The molecule has 1 aliphatic carbocycles. The molecule has 0 aromatic heterocycles. The minimum atomic E-state index is -0.298. The Balaban J connectivity index is 1.53. The highest BCUT2D eigenvalue weighted by atomic mass is 19.1. The van der Waals surface area contributed by atoms with Gasteiger partial charge in [0.2, 0.25) is 5.91 Å². The third kappa shape index (κ3) is 3.65. The van der Waals surface area contributed by atoms with E-state index >= 15 is 0 Å². The van der Waals surface area contributed by atoms with Crippen molar-refractivity contribution >= 4 is 11.9 Å². The Morgan fingerprint density at radius 3 is 2.67 bits per heavy atom. The Hall–Kier alpha value is -2.15.